The fourth-order valence-corrected chi connectivity index (χ4v) is 3.21. The van der Waals surface area contributed by atoms with Crippen molar-refractivity contribution in [2.24, 2.45) is 0 Å². The summed E-state index contributed by atoms with van der Waals surface area (Å²) in [6.45, 7) is 0.943. The van der Waals surface area contributed by atoms with Crippen LogP contribution in [-0.2, 0) is 11.3 Å². The number of ether oxygens (including phenoxy) is 2. The van der Waals surface area contributed by atoms with Crippen molar-refractivity contribution in [2.45, 2.75) is 31.9 Å². The van der Waals surface area contributed by atoms with Crippen molar-refractivity contribution in [2.75, 3.05) is 13.1 Å². The number of nitrogens with zero attached hydrogens (tertiary/aromatic N) is 2. The van der Waals surface area contributed by atoms with Gasteiger partial charge in [-0.1, -0.05) is 12.1 Å². The smallest absolute Gasteiger partial charge is 0.406 e. The van der Waals surface area contributed by atoms with Gasteiger partial charge in [-0.3, -0.25) is 14.9 Å². The maximum absolute atomic E-state index is 12.7. The predicted molar refractivity (Wildman–Crippen MR) is 99.9 cm³/mol. The van der Waals surface area contributed by atoms with E-state index in [2.05, 4.69) is 4.74 Å². The molecule has 0 radical (unpaired) electrons. The number of halogens is 3. The first-order valence-corrected chi connectivity index (χ1v) is 9.21. The number of non-ortho nitro benzene ring substituents is 1. The maximum Gasteiger partial charge on any atom is 0.573 e. The number of rotatable bonds is 6. The number of nitro groups is 1. The Morgan fingerprint density at radius 1 is 1.20 bits per heavy atom. The Labute approximate surface area is 170 Å². The highest BCUT2D eigenvalue weighted by molar-refractivity contribution is 5.94. The number of hydrogen-bond acceptors (Lipinski definition) is 5. The normalized spacial score (nSPS) is 16.9. The largest absolute Gasteiger partial charge is 0.573 e. The molecule has 0 spiro atoms. The number of likely N-dealkylation sites (tertiary alicyclic amines) is 1. The minimum atomic E-state index is -4.76. The van der Waals surface area contributed by atoms with Crippen molar-refractivity contribution in [3.63, 3.8) is 0 Å². The molecule has 0 N–H and O–H groups in total. The Hall–Kier alpha value is -3.14. The van der Waals surface area contributed by atoms with Crippen LogP contribution in [0.3, 0.4) is 0 Å². The Bertz CT molecular complexity index is 902. The lowest BCUT2D eigenvalue weighted by Gasteiger charge is -2.32. The van der Waals surface area contributed by atoms with Gasteiger partial charge in [0.15, 0.2) is 0 Å². The van der Waals surface area contributed by atoms with E-state index in [1.54, 1.807) is 11.0 Å². The first-order valence-electron chi connectivity index (χ1n) is 9.21. The zero-order valence-corrected chi connectivity index (χ0v) is 15.8. The van der Waals surface area contributed by atoms with Crippen LogP contribution < -0.4 is 4.74 Å². The molecule has 30 heavy (non-hydrogen) atoms. The summed E-state index contributed by atoms with van der Waals surface area (Å²) in [5.74, 6) is -0.569. The molecule has 0 unspecified atom stereocenters. The van der Waals surface area contributed by atoms with Crippen LogP contribution in [0, 0.1) is 10.1 Å². The van der Waals surface area contributed by atoms with Crippen LogP contribution in [0.4, 0.5) is 18.9 Å². The van der Waals surface area contributed by atoms with Crippen LogP contribution >= 0.6 is 0 Å². The Morgan fingerprint density at radius 3 is 2.60 bits per heavy atom. The van der Waals surface area contributed by atoms with E-state index in [1.165, 1.54) is 42.5 Å². The predicted octanol–water partition coefficient (Wildman–Crippen LogP) is 4.31. The van der Waals surface area contributed by atoms with E-state index in [1.807, 2.05) is 0 Å². The highest BCUT2D eigenvalue weighted by atomic mass is 19.4. The van der Waals surface area contributed by atoms with Crippen LogP contribution in [0.2, 0.25) is 0 Å². The molecule has 1 atom stereocenters. The van der Waals surface area contributed by atoms with Crippen molar-refractivity contribution >= 4 is 11.6 Å². The number of benzene rings is 2. The second kappa shape index (κ2) is 9.12. The molecule has 1 aliphatic heterocycles. The molecule has 160 valence electrons. The van der Waals surface area contributed by atoms with Crippen molar-refractivity contribution < 1.29 is 32.4 Å². The summed E-state index contributed by atoms with van der Waals surface area (Å²) < 4.78 is 46.7. The van der Waals surface area contributed by atoms with Gasteiger partial charge in [-0.2, -0.15) is 0 Å². The SMILES string of the molecule is O=C(c1ccc([N+](=O)[O-])cc1)N1CCC[C@@H](OCc2cccc(OC(F)(F)F)c2)C1. The van der Waals surface area contributed by atoms with Crippen LogP contribution in [0.15, 0.2) is 48.5 Å². The zero-order chi connectivity index (χ0) is 21.7. The van der Waals surface area contributed by atoms with Crippen LogP contribution in [0.25, 0.3) is 0 Å². The molecule has 1 fully saturated rings. The number of carbonyl (C=O) groups is 1. The standard InChI is InChI=1S/C20H19F3N2O5/c21-20(22,23)30-17-4-1-3-14(11-17)13-29-18-5-2-10-24(12-18)19(26)15-6-8-16(9-7-15)25(27)28/h1,3-4,6-9,11,18H,2,5,10,12-13H2/t18-/m1/s1. The van der Waals surface area contributed by atoms with Gasteiger partial charge >= 0.3 is 6.36 Å². The van der Waals surface area contributed by atoms with Gasteiger partial charge in [-0.15, -0.1) is 13.2 Å². The molecule has 1 saturated heterocycles. The second-order valence-corrected chi connectivity index (χ2v) is 6.83. The van der Waals surface area contributed by atoms with Crippen LogP contribution in [0.5, 0.6) is 5.75 Å². The van der Waals surface area contributed by atoms with Gasteiger partial charge in [0, 0.05) is 30.8 Å². The molecule has 1 amide bonds. The summed E-state index contributed by atoms with van der Waals surface area (Å²) in [6, 6.07) is 10.9. The van der Waals surface area contributed by atoms with E-state index in [9.17, 15) is 28.1 Å². The maximum atomic E-state index is 12.7. The number of nitro benzene ring substituents is 1. The first-order chi connectivity index (χ1) is 14.2. The zero-order valence-electron chi connectivity index (χ0n) is 15.8. The lowest BCUT2D eigenvalue weighted by atomic mass is 10.1. The molecule has 3 rings (SSSR count). The molecular formula is C20H19F3N2O5. The number of alkyl halides is 3. The number of piperidine rings is 1. The van der Waals surface area contributed by atoms with E-state index in [4.69, 9.17) is 4.74 Å². The minimum absolute atomic E-state index is 0.0826. The summed E-state index contributed by atoms with van der Waals surface area (Å²) in [7, 11) is 0. The molecule has 0 aromatic heterocycles. The van der Waals surface area contributed by atoms with Gasteiger partial charge in [0.05, 0.1) is 17.6 Å². The second-order valence-electron chi connectivity index (χ2n) is 6.83. The number of hydrogen-bond donors (Lipinski definition) is 0. The lowest BCUT2D eigenvalue weighted by molar-refractivity contribution is -0.384. The molecule has 2 aromatic carbocycles. The lowest BCUT2D eigenvalue weighted by Crippen LogP contribution is -2.43. The summed E-state index contributed by atoms with van der Waals surface area (Å²) >= 11 is 0. The summed E-state index contributed by atoms with van der Waals surface area (Å²) in [5.41, 5.74) is 0.775. The Kier molecular flexibility index (Phi) is 6.56. The molecular weight excluding hydrogens is 405 g/mol. The van der Waals surface area contributed by atoms with E-state index in [0.717, 1.165) is 0 Å². The summed E-state index contributed by atoms with van der Waals surface area (Å²) in [4.78, 5) is 24.5. The molecule has 0 saturated carbocycles. The molecule has 2 aromatic rings. The number of amides is 1. The van der Waals surface area contributed by atoms with E-state index < -0.39 is 11.3 Å². The topological polar surface area (TPSA) is 81.9 Å². The highest BCUT2D eigenvalue weighted by Gasteiger charge is 2.31. The highest BCUT2D eigenvalue weighted by Crippen LogP contribution is 2.24. The Balaban J connectivity index is 1.57. The van der Waals surface area contributed by atoms with Crippen LogP contribution in [0.1, 0.15) is 28.8 Å². The first kappa shape index (κ1) is 21.6. The average molecular weight is 424 g/mol. The van der Waals surface area contributed by atoms with Crippen molar-refractivity contribution in [3.8, 4) is 5.75 Å². The molecule has 1 aliphatic rings. The molecule has 0 bridgehead atoms. The van der Waals surface area contributed by atoms with Crippen molar-refractivity contribution in [3.05, 3.63) is 69.8 Å². The monoisotopic (exact) mass is 424 g/mol. The summed E-state index contributed by atoms with van der Waals surface area (Å²) in [6.07, 6.45) is -3.61. The third-order valence-electron chi connectivity index (χ3n) is 4.61. The van der Waals surface area contributed by atoms with Gasteiger partial charge < -0.3 is 14.4 Å². The minimum Gasteiger partial charge on any atom is -0.406 e. The van der Waals surface area contributed by atoms with Gasteiger partial charge in [0.25, 0.3) is 11.6 Å². The van der Waals surface area contributed by atoms with E-state index in [-0.39, 0.29) is 30.1 Å². The van der Waals surface area contributed by atoms with Gasteiger partial charge in [-0.05, 0) is 42.7 Å². The molecule has 10 heteroatoms. The fraction of sp³-hybridized carbons (Fsp3) is 0.350. The summed E-state index contributed by atoms with van der Waals surface area (Å²) in [5, 5.41) is 10.7. The van der Waals surface area contributed by atoms with E-state index >= 15 is 0 Å². The molecule has 0 aliphatic carbocycles. The fourth-order valence-electron chi connectivity index (χ4n) is 3.21. The third kappa shape index (κ3) is 5.93. The van der Waals surface area contributed by atoms with Crippen molar-refractivity contribution in [1.29, 1.82) is 0 Å². The van der Waals surface area contributed by atoms with Crippen molar-refractivity contribution in [1.82, 2.24) is 4.90 Å². The molecule has 1 heterocycles. The van der Waals surface area contributed by atoms with Crippen LogP contribution in [-0.4, -0.2) is 41.3 Å². The van der Waals surface area contributed by atoms with Gasteiger partial charge in [0.1, 0.15) is 5.75 Å². The van der Waals surface area contributed by atoms with Gasteiger partial charge in [-0.25, -0.2) is 0 Å². The quantitative estimate of drug-likeness (QED) is 0.510. The Morgan fingerprint density at radius 2 is 1.93 bits per heavy atom. The number of carbonyl (C=O) groups excluding carboxylic acids is 1. The molecule has 7 nitrogen and oxygen atoms in total. The third-order valence-corrected chi connectivity index (χ3v) is 4.61. The van der Waals surface area contributed by atoms with Gasteiger partial charge in [0.2, 0.25) is 0 Å². The average Bonchev–Trinajstić information content (AvgIpc) is 2.71. The van der Waals surface area contributed by atoms with E-state index in [0.29, 0.717) is 37.1 Å².